The quantitative estimate of drug-likeness (QED) is 0.200. The van der Waals surface area contributed by atoms with Gasteiger partial charge in [0.25, 0.3) is 0 Å². The summed E-state index contributed by atoms with van der Waals surface area (Å²) >= 11 is 10.1. The van der Waals surface area contributed by atoms with Crippen LogP contribution in [0, 0.1) is 0 Å². The number of aromatic nitrogens is 2. The molecule has 5 rings (SSSR count). The first-order valence-electron chi connectivity index (χ1n) is 10.8. The molecule has 0 atom stereocenters. The first-order valence-corrected chi connectivity index (χ1v) is 11.9. The maximum Gasteiger partial charge on any atom is 0.225 e. The summed E-state index contributed by atoms with van der Waals surface area (Å²) in [7, 11) is 0. The highest BCUT2D eigenvalue weighted by atomic mass is 79.9. The summed E-state index contributed by atoms with van der Waals surface area (Å²) in [6.45, 7) is 0.783. The highest BCUT2D eigenvalue weighted by molar-refractivity contribution is 9.10. The molecule has 0 N–H and O–H groups in total. The van der Waals surface area contributed by atoms with Crippen molar-refractivity contribution < 1.29 is 9.47 Å². The van der Waals surface area contributed by atoms with Crippen LogP contribution in [-0.4, -0.2) is 9.97 Å². The van der Waals surface area contributed by atoms with Crippen molar-refractivity contribution in [1.29, 1.82) is 0 Å². The van der Waals surface area contributed by atoms with Crippen LogP contribution >= 0.6 is 27.5 Å². The van der Waals surface area contributed by atoms with E-state index in [1.165, 1.54) is 0 Å². The second kappa shape index (κ2) is 10.2. The molecule has 0 aliphatic carbocycles. The number of hydrogen-bond donors (Lipinski definition) is 0. The second-order valence-electron chi connectivity index (χ2n) is 7.71. The molecule has 0 amide bonds. The SMILES string of the molecule is Clc1nc2ccc(Br)cc2cc1-c1ccc(OCc2ccccc2)nc1OCc1ccccc1. The van der Waals surface area contributed by atoms with E-state index in [4.69, 9.17) is 21.1 Å². The standard InChI is InChI=1S/C28H20BrClN2O2/c29-22-11-13-25-21(15-22)16-24(27(30)31-25)23-12-14-26(33-17-19-7-3-1-4-8-19)32-28(23)34-18-20-9-5-2-6-10-20/h1-16H,17-18H2. The lowest BCUT2D eigenvalue weighted by Gasteiger charge is -2.14. The van der Waals surface area contributed by atoms with Gasteiger partial charge in [0, 0.05) is 27.1 Å². The number of rotatable bonds is 7. The molecular weight excluding hydrogens is 512 g/mol. The Kier molecular flexibility index (Phi) is 6.74. The average molecular weight is 532 g/mol. The Labute approximate surface area is 211 Å². The zero-order valence-corrected chi connectivity index (χ0v) is 20.5. The summed E-state index contributed by atoms with van der Waals surface area (Å²) in [5.74, 6) is 0.913. The Morgan fingerprint density at radius 2 is 1.35 bits per heavy atom. The molecule has 0 bridgehead atoms. The molecule has 0 radical (unpaired) electrons. The van der Waals surface area contributed by atoms with Crippen LogP contribution < -0.4 is 9.47 Å². The largest absolute Gasteiger partial charge is 0.473 e. The van der Waals surface area contributed by atoms with E-state index in [0.717, 1.165) is 37.6 Å². The predicted octanol–water partition coefficient (Wildman–Crippen LogP) is 7.87. The number of hydrogen-bond acceptors (Lipinski definition) is 4. The number of ether oxygens (including phenoxy) is 2. The van der Waals surface area contributed by atoms with E-state index in [9.17, 15) is 0 Å². The number of fused-ring (bicyclic) bond motifs is 1. The van der Waals surface area contributed by atoms with Crippen molar-refractivity contribution in [3.8, 4) is 22.9 Å². The molecule has 6 heteroatoms. The van der Waals surface area contributed by atoms with Gasteiger partial charge in [-0.3, -0.25) is 0 Å². The number of benzene rings is 3. The lowest BCUT2D eigenvalue weighted by atomic mass is 10.1. The molecule has 2 aromatic heterocycles. The summed E-state index contributed by atoms with van der Waals surface area (Å²) in [6.07, 6.45) is 0. The van der Waals surface area contributed by atoms with E-state index in [1.54, 1.807) is 0 Å². The van der Waals surface area contributed by atoms with Gasteiger partial charge in [0.1, 0.15) is 18.4 Å². The van der Waals surface area contributed by atoms with Gasteiger partial charge < -0.3 is 9.47 Å². The van der Waals surface area contributed by atoms with Gasteiger partial charge in [-0.05, 0) is 41.5 Å². The number of pyridine rings is 2. The molecule has 3 aromatic carbocycles. The fraction of sp³-hybridized carbons (Fsp3) is 0.0714. The zero-order chi connectivity index (χ0) is 23.3. The Morgan fingerprint density at radius 3 is 2.06 bits per heavy atom. The fourth-order valence-electron chi connectivity index (χ4n) is 3.59. The third kappa shape index (κ3) is 5.22. The van der Waals surface area contributed by atoms with Gasteiger partial charge in [-0.15, -0.1) is 0 Å². The topological polar surface area (TPSA) is 44.2 Å². The second-order valence-corrected chi connectivity index (χ2v) is 8.99. The lowest BCUT2D eigenvalue weighted by Crippen LogP contribution is -2.02. The molecular formula is C28H20BrClN2O2. The van der Waals surface area contributed by atoms with Crippen molar-refractivity contribution in [2.24, 2.45) is 0 Å². The van der Waals surface area contributed by atoms with Crippen LogP contribution in [0.2, 0.25) is 5.15 Å². The maximum absolute atomic E-state index is 6.61. The van der Waals surface area contributed by atoms with Crippen LogP contribution in [0.3, 0.4) is 0 Å². The van der Waals surface area contributed by atoms with Crippen molar-refractivity contribution in [2.75, 3.05) is 0 Å². The van der Waals surface area contributed by atoms with Gasteiger partial charge in [0.05, 0.1) is 5.52 Å². The molecule has 0 unspecified atom stereocenters. The number of nitrogens with zero attached hydrogens (tertiary/aromatic N) is 2. The molecule has 168 valence electrons. The van der Waals surface area contributed by atoms with Gasteiger partial charge in [-0.25, -0.2) is 4.98 Å². The first-order chi connectivity index (χ1) is 16.7. The Morgan fingerprint density at radius 1 is 0.676 bits per heavy atom. The van der Waals surface area contributed by atoms with Crippen molar-refractivity contribution in [1.82, 2.24) is 9.97 Å². The highest BCUT2D eigenvalue weighted by Crippen LogP contribution is 2.37. The van der Waals surface area contributed by atoms with E-state index < -0.39 is 0 Å². The van der Waals surface area contributed by atoms with E-state index in [2.05, 4.69) is 25.9 Å². The molecule has 0 saturated carbocycles. The van der Waals surface area contributed by atoms with Crippen LogP contribution in [0.1, 0.15) is 11.1 Å². The zero-order valence-electron chi connectivity index (χ0n) is 18.1. The van der Waals surface area contributed by atoms with Crippen LogP contribution in [-0.2, 0) is 13.2 Å². The van der Waals surface area contributed by atoms with Crippen LogP contribution in [0.15, 0.2) is 102 Å². The smallest absolute Gasteiger partial charge is 0.225 e. The van der Waals surface area contributed by atoms with E-state index in [0.29, 0.717) is 30.1 Å². The van der Waals surface area contributed by atoms with Crippen LogP contribution in [0.5, 0.6) is 11.8 Å². The minimum atomic E-state index is 0.368. The molecule has 0 saturated heterocycles. The summed E-state index contributed by atoms with van der Waals surface area (Å²) in [5.41, 5.74) is 4.42. The molecule has 0 aliphatic rings. The third-order valence-electron chi connectivity index (χ3n) is 5.30. The summed E-state index contributed by atoms with van der Waals surface area (Å²) in [6, 6.07) is 31.6. The van der Waals surface area contributed by atoms with Gasteiger partial charge in [0.2, 0.25) is 11.8 Å². The molecule has 0 spiro atoms. The van der Waals surface area contributed by atoms with Crippen LogP contribution in [0.4, 0.5) is 0 Å². The molecule has 0 fully saturated rings. The van der Waals surface area contributed by atoms with Gasteiger partial charge in [-0.1, -0.05) is 88.2 Å². The number of halogens is 2. The summed E-state index contributed by atoms with van der Waals surface area (Å²) in [5, 5.41) is 1.35. The maximum atomic E-state index is 6.61. The Balaban J connectivity index is 1.51. The van der Waals surface area contributed by atoms with E-state index in [-0.39, 0.29) is 0 Å². The molecule has 34 heavy (non-hydrogen) atoms. The van der Waals surface area contributed by atoms with E-state index >= 15 is 0 Å². The first kappa shape index (κ1) is 22.4. The summed E-state index contributed by atoms with van der Waals surface area (Å²) < 4.78 is 13.1. The average Bonchev–Trinajstić information content (AvgIpc) is 2.87. The fourth-order valence-corrected chi connectivity index (χ4v) is 4.22. The molecule has 4 nitrogen and oxygen atoms in total. The van der Waals surface area contributed by atoms with Crippen LogP contribution in [0.25, 0.3) is 22.0 Å². The van der Waals surface area contributed by atoms with Gasteiger partial charge in [-0.2, -0.15) is 4.98 Å². The Bertz CT molecular complexity index is 1430. The third-order valence-corrected chi connectivity index (χ3v) is 6.08. The van der Waals surface area contributed by atoms with Crippen molar-refractivity contribution in [3.63, 3.8) is 0 Å². The lowest BCUT2D eigenvalue weighted by molar-refractivity contribution is 0.268. The van der Waals surface area contributed by atoms with E-state index in [1.807, 2.05) is 97.1 Å². The monoisotopic (exact) mass is 530 g/mol. The molecule has 5 aromatic rings. The molecule has 2 heterocycles. The predicted molar refractivity (Wildman–Crippen MR) is 139 cm³/mol. The Hall–Kier alpha value is -3.41. The van der Waals surface area contributed by atoms with Crippen molar-refractivity contribution in [3.05, 3.63) is 118 Å². The minimum absolute atomic E-state index is 0.368. The highest BCUT2D eigenvalue weighted by Gasteiger charge is 2.16. The van der Waals surface area contributed by atoms with Crippen molar-refractivity contribution in [2.45, 2.75) is 13.2 Å². The minimum Gasteiger partial charge on any atom is -0.473 e. The van der Waals surface area contributed by atoms with Gasteiger partial charge >= 0.3 is 0 Å². The normalized spacial score (nSPS) is 10.9. The van der Waals surface area contributed by atoms with Crippen molar-refractivity contribution >= 4 is 38.4 Å². The molecule has 0 aliphatic heterocycles. The van der Waals surface area contributed by atoms with Gasteiger partial charge in [0.15, 0.2) is 0 Å². The summed E-state index contributed by atoms with van der Waals surface area (Å²) in [4.78, 5) is 9.26.